The van der Waals surface area contributed by atoms with Crippen LogP contribution in [0.3, 0.4) is 0 Å². The SMILES string of the molecule is CC(Nc1ncccc1S(C)(=O)=O)C(C)N1CCOCC1. The molecule has 21 heavy (non-hydrogen) atoms. The quantitative estimate of drug-likeness (QED) is 0.874. The van der Waals surface area contributed by atoms with Crippen molar-refractivity contribution in [2.45, 2.75) is 30.8 Å². The second-order valence-corrected chi connectivity index (χ2v) is 7.43. The van der Waals surface area contributed by atoms with E-state index in [4.69, 9.17) is 4.74 Å². The normalized spacial score (nSPS) is 20.0. The van der Waals surface area contributed by atoms with Gasteiger partial charge in [0, 0.05) is 37.6 Å². The van der Waals surface area contributed by atoms with Crippen LogP contribution in [0.25, 0.3) is 0 Å². The Hall–Kier alpha value is -1.18. The lowest BCUT2D eigenvalue weighted by Gasteiger charge is -2.36. The maximum atomic E-state index is 11.8. The number of sulfone groups is 1. The number of nitrogens with zero attached hydrogens (tertiary/aromatic N) is 2. The number of hydrogen-bond acceptors (Lipinski definition) is 6. The second kappa shape index (κ2) is 6.72. The fourth-order valence-corrected chi connectivity index (χ4v) is 3.22. The molecule has 1 aliphatic heterocycles. The van der Waals surface area contributed by atoms with Crippen molar-refractivity contribution in [2.75, 3.05) is 37.9 Å². The van der Waals surface area contributed by atoms with Crippen molar-refractivity contribution in [3.63, 3.8) is 0 Å². The third-order valence-corrected chi connectivity index (χ3v) is 5.01. The number of anilines is 1. The van der Waals surface area contributed by atoms with Crippen LogP contribution in [0, 0.1) is 0 Å². The third-order valence-electron chi connectivity index (χ3n) is 3.88. The molecule has 0 aliphatic carbocycles. The molecule has 1 N–H and O–H groups in total. The largest absolute Gasteiger partial charge is 0.379 e. The Morgan fingerprint density at radius 3 is 2.62 bits per heavy atom. The first-order valence-corrected chi connectivity index (χ1v) is 9.02. The summed E-state index contributed by atoms with van der Waals surface area (Å²) in [7, 11) is -3.29. The van der Waals surface area contributed by atoms with Crippen molar-refractivity contribution in [1.29, 1.82) is 0 Å². The van der Waals surface area contributed by atoms with E-state index in [0.717, 1.165) is 26.3 Å². The van der Waals surface area contributed by atoms with Crippen LogP contribution in [-0.4, -0.2) is 62.9 Å². The average molecular weight is 313 g/mol. The molecule has 6 nitrogen and oxygen atoms in total. The summed E-state index contributed by atoms with van der Waals surface area (Å²) in [6.07, 6.45) is 2.80. The van der Waals surface area contributed by atoms with Crippen LogP contribution in [0.4, 0.5) is 5.82 Å². The Bertz CT molecular complexity index is 571. The summed E-state index contributed by atoms with van der Waals surface area (Å²) in [5, 5.41) is 3.24. The van der Waals surface area contributed by atoms with Crippen LogP contribution in [-0.2, 0) is 14.6 Å². The van der Waals surface area contributed by atoms with Crippen molar-refractivity contribution in [2.24, 2.45) is 0 Å². The van der Waals surface area contributed by atoms with Gasteiger partial charge in [0.1, 0.15) is 10.7 Å². The van der Waals surface area contributed by atoms with E-state index in [1.807, 2.05) is 6.92 Å². The Morgan fingerprint density at radius 1 is 1.33 bits per heavy atom. The standard InChI is InChI=1S/C14H23N3O3S/c1-11(12(2)17-7-9-20-10-8-17)16-14-13(21(3,18)19)5-4-6-15-14/h4-6,11-12H,7-10H2,1-3H3,(H,15,16). The molecule has 0 bridgehead atoms. The zero-order valence-corrected chi connectivity index (χ0v) is 13.6. The maximum Gasteiger partial charge on any atom is 0.179 e. The van der Waals surface area contributed by atoms with Gasteiger partial charge in [-0.05, 0) is 26.0 Å². The topological polar surface area (TPSA) is 71.5 Å². The molecule has 0 amide bonds. The Morgan fingerprint density at radius 2 is 2.00 bits per heavy atom. The number of rotatable bonds is 5. The van der Waals surface area contributed by atoms with E-state index >= 15 is 0 Å². The van der Waals surface area contributed by atoms with Gasteiger partial charge in [-0.15, -0.1) is 0 Å². The van der Waals surface area contributed by atoms with Gasteiger partial charge in [-0.25, -0.2) is 13.4 Å². The summed E-state index contributed by atoms with van der Waals surface area (Å²) in [6.45, 7) is 7.46. The van der Waals surface area contributed by atoms with E-state index < -0.39 is 9.84 Å². The van der Waals surface area contributed by atoms with Gasteiger partial charge in [0.05, 0.1) is 13.2 Å². The van der Waals surface area contributed by atoms with E-state index in [2.05, 4.69) is 22.1 Å². The molecule has 1 aromatic heterocycles. The van der Waals surface area contributed by atoms with Gasteiger partial charge in [-0.1, -0.05) is 0 Å². The van der Waals surface area contributed by atoms with Crippen molar-refractivity contribution in [3.05, 3.63) is 18.3 Å². The molecule has 1 saturated heterocycles. The second-order valence-electron chi connectivity index (χ2n) is 5.44. The van der Waals surface area contributed by atoms with Crippen LogP contribution in [0.5, 0.6) is 0 Å². The molecule has 2 unspecified atom stereocenters. The molecular weight excluding hydrogens is 290 g/mol. The molecule has 0 radical (unpaired) electrons. The molecule has 2 heterocycles. The van der Waals surface area contributed by atoms with Gasteiger partial charge < -0.3 is 10.1 Å². The number of aromatic nitrogens is 1. The minimum Gasteiger partial charge on any atom is -0.379 e. The van der Waals surface area contributed by atoms with Crippen molar-refractivity contribution >= 4 is 15.7 Å². The smallest absolute Gasteiger partial charge is 0.179 e. The molecule has 2 rings (SSSR count). The minimum absolute atomic E-state index is 0.0819. The Kier molecular flexibility index (Phi) is 5.18. The molecule has 0 saturated carbocycles. The predicted octanol–water partition coefficient (Wildman–Crippen LogP) is 1.01. The van der Waals surface area contributed by atoms with E-state index in [1.165, 1.54) is 6.26 Å². The van der Waals surface area contributed by atoms with Crippen LogP contribution in [0.1, 0.15) is 13.8 Å². The summed E-state index contributed by atoms with van der Waals surface area (Å²) in [4.78, 5) is 6.76. The summed E-state index contributed by atoms with van der Waals surface area (Å²) < 4.78 is 29.0. The number of morpholine rings is 1. The Balaban J connectivity index is 2.10. The lowest BCUT2D eigenvalue weighted by atomic mass is 10.1. The van der Waals surface area contributed by atoms with Gasteiger partial charge >= 0.3 is 0 Å². The minimum atomic E-state index is -3.29. The fraction of sp³-hybridized carbons (Fsp3) is 0.643. The number of nitrogens with one attached hydrogen (secondary N) is 1. The first kappa shape index (κ1) is 16.2. The summed E-state index contributed by atoms with van der Waals surface area (Å²) in [5.41, 5.74) is 0. The molecule has 0 spiro atoms. The monoisotopic (exact) mass is 313 g/mol. The highest BCUT2D eigenvalue weighted by molar-refractivity contribution is 7.90. The molecule has 1 aromatic rings. The lowest BCUT2D eigenvalue weighted by Crippen LogP contribution is -2.48. The molecular formula is C14H23N3O3S. The molecule has 0 aromatic carbocycles. The highest BCUT2D eigenvalue weighted by atomic mass is 32.2. The average Bonchev–Trinajstić information content (AvgIpc) is 2.47. The molecule has 7 heteroatoms. The van der Waals surface area contributed by atoms with E-state index in [9.17, 15) is 8.42 Å². The van der Waals surface area contributed by atoms with Crippen LogP contribution in [0.2, 0.25) is 0 Å². The van der Waals surface area contributed by atoms with Crippen LogP contribution in [0.15, 0.2) is 23.2 Å². The van der Waals surface area contributed by atoms with Crippen molar-refractivity contribution in [3.8, 4) is 0 Å². The summed E-state index contributed by atoms with van der Waals surface area (Å²) >= 11 is 0. The van der Waals surface area contributed by atoms with Crippen LogP contribution < -0.4 is 5.32 Å². The lowest BCUT2D eigenvalue weighted by molar-refractivity contribution is 0.0175. The molecule has 1 fully saturated rings. The molecule has 118 valence electrons. The highest BCUT2D eigenvalue weighted by Gasteiger charge is 2.24. The van der Waals surface area contributed by atoms with E-state index in [1.54, 1.807) is 18.3 Å². The zero-order chi connectivity index (χ0) is 15.5. The number of hydrogen-bond donors (Lipinski definition) is 1. The summed E-state index contributed by atoms with van der Waals surface area (Å²) in [6, 6.07) is 3.57. The molecule has 1 aliphatic rings. The Labute approximate surface area is 126 Å². The fourth-order valence-electron chi connectivity index (χ4n) is 2.44. The van der Waals surface area contributed by atoms with Gasteiger partial charge in [0.25, 0.3) is 0 Å². The summed E-state index contributed by atoms with van der Waals surface area (Å²) in [5.74, 6) is 0.424. The number of pyridine rings is 1. The van der Waals surface area contributed by atoms with E-state index in [0.29, 0.717) is 5.82 Å². The van der Waals surface area contributed by atoms with Gasteiger partial charge in [-0.2, -0.15) is 0 Å². The zero-order valence-electron chi connectivity index (χ0n) is 12.7. The first-order valence-electron chi connectivity index (χ1n) is 7.13. The maximum absolute atomic E-state index is 11.8. The molecule has 2 atom stereocenters. The number of ether oxygens (including phenoxy) is 1. The predicted molar refractivity (Wildman–Crippen MR) is 82.3 cm³/mol. The van der Waals surface area contributed by atoms with Gasteiger partial charge in [-0.3, -0.25) is 4.90 Å². The first-order chi connectivity index (χ1) is 9.89. The van der Waals surface area contributed by atoms with Crippen molar-refractivity contribution < 1.29 is 13.2 Å². The third kappa shape index (κ3) is 4.15. The van der Waals surface area contributed by atoms with E-state index in [-0.39, 0.29) is 17.0 Å². The van der Waals surface area contributed by atoms with Gasteiger partial charge in [0.2, 0.25) is 0 Å². The van der Waals surface area contributed by atoms with Gasteiger partial charge in [0.15, 0.2) is 9.84 Å². The van der Waals surface area contributed by atoms with Crippen LogP contribution >= 0.6 is 0 Å². The highest BCUT2D eigenvalue weighted by Crippen LogP contribution is 2.20. The van der Waals surface area contributed by atoms with Crippen molar-refractivity contribution in [1.82, 2.24) is 9.88 Å².